The summed E-state index contributed by atoms with van der Waals surface area (Å²) in [6.45, 7) is 2.21. The largest absolute Gasteiger partial charge is 1.00 e. The minimum Gasteiger partial charge on any atom is -0.390 e. The van der Waals surface area contributed by atoms with Gasteiger partial charge in [-0.25, -0.2) is 4.98 Å². The van der Waals surface area contributed by atoms with Gasteiger partial charge in [0.25, 0.3) is 0 Å². The summed E-state index contributed by atoms with van der Waals surface area (Å²) < 4.78 is 1.84. The summed E-state index contributed by atoms with van der Waals surface area (Å²) in [5.74, 6) is 0.695. The van der Waals surface area contributed by atoms with Crippen molar-refractivity contribution in [2.75, 3.05) is 0 Å². The van der Waals surface area contributed by atoms with Gasteiger partial charge in [0.15, 0.2) is 5.15 Å². The molecule has 0 amide bonds. The second-order valence-electron chi connectivity index (χ2n) is 7.43. The van der Waals surface area contributed by atoms with E-state index in [1.165, 1.54) is 0 Å². The average molecular weight is 489 g/mol. The molecule has 0 aliphatic heterocycles. The van der Waals surface area contributed by atoms with Crippen molar-refractivity contribution in [3.05, 3.63) is 70.8 Å². The summed E-state index contributed by atoms with van der Waals surface area (Å²) in [4.78, 5) is 16.0. The number of nitrogens with zero attached hydrogens (tertiary/aromatic N) is 6. The maximum Gasteiger partial charge on any atom is 1.00 e. The smallest absolute Gasteiger partial charge is 0.390 e. The van der Waals surface area contributed by atoms with Crippen LogP contribution in [0.25, 0.3) is 22.5 Å². The first kappa shape index (κ1) is 25.9. The molecule has 0 aliphatic carbocycles. The van der Waals surface area contributed by atoms with Crippen LogP contribution in [-0.2, 0) is 17.9 Å². The maximum atomic E-state index is 11.7. The Kier molecular flexibility index (Phi) is 9.51. The van der Waals surface area contributed by atoms with Gasteiger partial charge >= 0.3 is 51.4 Å². The molecule has 0 bridgehead atoms. The van der Waals surface area contributed by atoms with Crippen LogP contribution < -0.4 is 56.5 Å². The topological polar surface area (TPSA) is 108 Å². The van der Waals surface area contributed by atoms with Gasteiger partial charge in [-0.15, -0.1) is 0 Å². The van der Waals surface area contributed by atoms with Gasteiger partial charge in [-0.3, -0.25) is 10.3 Å². The van der Waals surface area contributed by atoms with Crippen molar-refractivity contribution in [1.82, 2.24) is 30.2 Å². The molecule has 4 aromatic rings. The third-order valence-electron chi connectivity index (χ3n) is 5.39. The first-order valence-electron chi connectivity index (χ1n) is 10.3. The number of rotatable bonds is 9. The molecule has 0 aliphatic rings. The molecule has 0 saturated heterocycles. The molecule has 2 aromatic carbocycles. The van der Waals surface area contributed by atoms with E-state index < -0.39 is 0 Å². The Morgan fingerprint density at radius 2 is 1.88 bits per heavy atom. The maximum absolute atomic E-state index is 11.7. The molecule has 1 unspecified atom stereocenters. The molecule has 2 aromatic heterocycles. The van der Waals surface area contributed by atoms with Crippen molar-refractivity contribution < 1.29 is 61.3 Å². The molecule has 8 nitrogen and oxygen atoms in total. The van der Waals surface area contributed by atoms with Gasteiger partial charge in [0.2, 0.25) is 0 Å². The second kappa shape index (κ2) is 12.1. The fraction of sp³-hybridized carbons (Fsp3) is 0.261. The molecular weight excluding hydrogens is 467 g/mol. The Morgan fingerprint density at radius 3 is 2.48 bits per heavy atom. The van der Waals surface area contributed by atoms with Crippen molar-refractivity contribution >= 4 is 17.9 Å². The number of halogens is 1. The number of hydrogen-bond acceptors (Lipinski definition) is 6. The van der Waals surface area contributed by atoms with Gasteiger partial charge in [-0.05, 0) is 28.7 Å². The van der Waals surface area contributed by atoms with E-state index in [2.05, 4.69) is 25.6 Å². The van der Waals surface area contributed by atoms with Gasteiger partial charge in [0, 0.05) is 12.4 Å². The molecule has 10 heteroatoms. The van der Waals surface area contributed by atoms with E-state index in [0.29, 0.717) is 30.3 Å². The number of tetrazole rings is 1. The first-order valence-corrected chi connectivity index (χ1v) is 10.7. The van der Waals surface area contributed by atoms with Crippen molar-refractivity contribution in [2.45, 2.75) is 38.8 Å². The van der Waals surface area contributed by atoms with Gasteiger partial charge in [-0.1, -0.05) is 73.5 Å². The molecule has 0 spiro atoms. The molecule has 1 atom stereocenters. The van der Waals surface area contributed by atoms with E-state index in [0.717, 1.165) is 35.0 Å². The molecule has 33 heavy (non-hydrogen) atoms. The third kappa shape index (κ3) is 5.68. The monoisotopic (exact) mass is 488 g/mol. The zero-order valence-electron chi connectivity index (χ0n) is 18.5. The Balaban J connectivity index is 0.00000306. The predicted molar refractivity (Wildman–Crippen MR) is 120 cm³/mol. The zero-order chi connectivity index (χ0) is 22.5. The van der Waals surface area contributed by atoms with Crippen LogP contribution in [0.2, 0.25) is 5.15 Å². The number of carbonyl (C=O) groups is 1. The number of benzene rings is 2. The van der Waals surface area contributed by atoms with E-state index in [1.54, 1.807) is 0 Å². The van der Waals surface area contributed by atoms with Crippen LogP contribution in [0.4, 0.5) is 0 Å². The number of aromatic nitrogens is 6. The van der Waals surface area contributed by atoms with Gasteiger partial charge in [-0.2, -0.15) is 5.21 Å². The molecule has 164 valence electrons. The molecule has 4 rings (SSSR count). The summed E-state index contributed by atoms with van der Waals surface area (Å²) in [5.41, 5.74) is 4.32. The normalized spacial score (nSPS) is 11.7. The molecular formula is C23H22ClKN6O2. The minimum absolute atomic E-state index is 0. The van der Waals surface area contributed by atoms with E-state index in [4.69, 9.17) is 11.6 Å². The average Bonchev–Trinajstić information content (AvgIpc) is 3.46. The van der Waals surface area contributed by atoms with Crippen LogP contribution in [0.15, 0.2) is 48.5 Å². The van der Waals surface area contributed by atoms with Crippen LogP contribution >= 0.6 is 11.6 Å². The molecule has 2 heterocycles. The SMILES string of the molecule is CCCC(C=O)c1nc(Cl)c(CO)n1Cc1ccc(-c2ccccc2-c2nnn[n-]2)cc1.[K+]. The fourth-order valence-corrected chi connectivity index (χ4v) is 4.06. The number of imidazole rings is 1. The molecule has 0 radical (unpaired) electrons. The van der Waals surface area contributed by atoms with Crippen molar-refractivity contribution in [3.8, 4) is 22.5 Å². The summed E-state index contributed by atoms with van der Waals surface area (Å²) in [7, 11) is 0. The summed E-state index contributed by atoms with van der Waals surface area (Å²) >= 11 is 6.26. The molecule has 0 saturated carbocycles. The Hall–Kier alpha value is -1.72. The number of aliphatic hydroxyl groups is 1. The van der Waals surface area contributed by atoms with E-state index in [1.807, 2.05) is 60.0 Å². The van der Waals surface area contributed by atoms with Crippen LogP contribution in [-0.4, -0.2) is 36.5 Å². The van der Waals surface area contributed by atoms with Crippen molar-refractivity contribution in [1.29, 1.82) is 0 Å². The summed E-state index contributed by atoms with van der Waals surface area (Å²) in [6.07, 6.45) is 2.41. The fourth-order valence-electron chi connectivity index (χ4n) is 3.81. The van der Waals surface area contributed by atoms with Crippen molar-refractivity contribution in [2.24, 2.45) is 0 Å². The Labute approximate surface area is 239 Å². The van der Waals surface area contributed by atoms with Crippen LogP contribution in [0.5, 0.6) is 0 Å². The van der Waals surface area contributed by atoms with Crippen molar-refractivity contribution in [3.63, 3.8) is 0 Å². The van der Waals surface area contributed by atoms with Gasteiger partial charge < -0.3 is 19.6 Å². The van der Waals surface area contributed by atoms with Crippen LogP contribution in [0.1, 0.15) is 42.8 Å². The first-order chi connectivity index (χ1) is 15.7. The zero-order valence-corrected chi connectivity index (χ0v) is 22.4. The summed E-state index contributed by atoms with van der Waals surface area (Å²) in [5, 5.41) is 25.2. The van der Waals surface area contributed by atoms with E-state index in [-0.39, 0.29) is 69.1 Å². The van der Waals surface area contributed by atoms with E-state index in [9.17, 15) is 9.90 Å². The summed E-state index contributed by atoms with van der Waals surface area (Å²) in [6, 6.07) is 15.8. The number of aliphatic hydroxyl groups excluding tert-OH is 1. The third-order valence-corrected chi connectivity index (χ3v) is 5.69. The number of aldehydes is 1. The Morgan fingerprint density at radius 1 is 1.15 bits per heavy atom. The Bertz CT molecular complexity index is 1190. The quantitative estimate of drug-likeness (QED) is 0.272. The molecule has 1 N–H and O–H groups in total. The standard InChI is InChI=1S/C23H22ClN6O2.K/c1-2-5-17(13-31)23-25-21(24)20(14-32)30(23)12-15-8-10-16(11-9-15)18-6-3-4-7-19(18)22-26-28-29-27-22;/h3-4,6-11,13,17,32H,2,5,12,14H2,1H3;/q-1;+1. The molecule has 0 fully saturated rings. The van der Waals surface area contributed by atoms with Crippen LogP contribution in [0, 0.1) is 0 Å². The van der Waals surface area contributed by atoms with Gasteiger partial charge in [0.05, 0.1) is 18.2 Å². The number of carbonyl (C=O) groups excluding carboxylic acids is 1. The number of hydrogen-bond donors (Lipinski definition) is 1. The van der Waals surface area contributed by atoms with Crippen LogP contribution in [0.3, 0.4) is 0 Å². The van der Waals surface area contributed by atoms with Gasteiger partial charge in [0.1, 0.15) is 12.1 Å². The minimum atomic E-state index is -0.365. The van der Waals surface area contributed by atoms with E-state index >= 15 is 0 Å². The second-order valence-corrected chi connectivity index (χ2v) is 7.79. The predicted octanol–water partition coefficient (Wildman–Crippen LogP) is 0.640.